The molecule has 1 saturated heterocycles. The first-order valence-electron chi connectivity index (χ1n) is 9.09. The Morgan fingerprint density at radius 3 is 2.15 bits per heavy atom. The summed E-state index contributed by atoms with van der Waals surface area (Å²) in [5.41, 5.74) is 1.11. The summed E-state index contributed by atoms with van der Waals surface area (Å²) in [6.07, 6.45) is 0.705. The average Bonchev–Trinajstić information content (AvgIpc) is 2.71. The molecule has 1 fully saturated rings. The van der Waals surface area contributed by atoms with E-state index >= 15 is 0 Å². The molecule has 6 heteroatoms. The van der Waals surface area contributed by atoms with Gasteiger partial charge in [-0.15, -0.1) is 0 Å². The Bertz CT molecular complexity index is 818. The Labute approximate surface area is 157 Å². The fourth-order valence-electron chi connectivity index (χ4n) is 3.40. The van der Waals surface area contributed by atoms with E-state index in [1.54, 1.807) is 9.80 Å². The van der Waals surface area contributed by atoms with Crippen molar-refractivity contribution in [2.45, 2.75) is 19.3 Å². The number of carbonyl (C=O) groups is 2. The number of halogens is 2. The molecule has 0 spiro atoms. The van der Waals surface area contributed by atoms with Crippen LogP contribution in [-0.4, -0.2) is 47.8 Å². The highest BCUT2D eigenvalue weighted by Gasteiger charge is 2.29. The average molecular weight is 372 g/mol. The summed E-state index contributed by atoms with van der Waals surface area (Å²) in [5, 5.41) is 0. The van der Waals surface area contributed by atoms with E-state index in [4.69, 9.17) is 0 Å². The first-order chi connectivity index (χ1) is 13.0. The van der Waals surface area contributed by atoms with Gasteiger partial charge >= 0.3 is 0 Å². The molecule has 1 heterocycles. The molecular weight excluding hydrogens is 350 g/mol. The molecule has 0 bridgehead atoms. The molecule has 142 valence electrons. The van der Waals surface area contributed by atoms with Crippen molar-refractivity contribution in [2.75, 3.05) is 26.2 Å². The van der Waals surface area contributed by atoms with Gasteiger partial charge in [0.05, 0.1) is 5.92 Å². The Balaban J connectivity index is 1.63. The van der Waals surface area contributed by atoms with E-state index in [1.165, 1.54) is 6.07 Å². The lowest BCUT2D eigenvalue weighted by atomic mass is 9.95. The molecule has 1 aliphatic rings. The van der Waals surface area contributed by atoms with Gasteiger partial charge in [0.25, 0.3) is 5.91 Å². The van der Waals surface area contributed by atoms with Crippen LogP contribution in [0.4, 0.5) is 8.78 Å². The van der Waals surface area contributed by atoms with E-state index in [1.807, 2.05) is 37.3 Å². The topological polar surface area (TPSA) is 40.6 Å². The molecule has 1 atom stereocenters. The molecule has 0 aliphatic carbocycles. The number of amides is 2. The Morgan fingerprint density at radius 2 is 1.56 bits per heavy atom. The third-order valence-electron chi connectivity index (χ3n) is 4.95. The van der Waals surface area contributed by atoms with Crippen molar-refractivity contribution in [1.82, 2.24) is 9.80 Å². The minimum atomic E-state index is -1.04. The zero-order chi connectivity index (χ0) is 19.4. The predicted molar refractivity (Wildman–Crippen MR) is 98.3 cm³/mol. The van der Waals surface area contributed by atoms with Gasteiger partial charge in [0.15, 0.2) is 11.6 Å². The molecule has 0 N–H and O–H groups in total. The summed E-state index contributed by atoms with van der Waals surface area (Å²) in [6, 6.07) is 12.8. The van der Waals surface area contributed by atoms with Crippen molar-refractivity contribution in [2.24, 2.45) is 0 Å². The molecule has 0 aromatic heterocycles. The number of piperazine rings is 1. The van der Waals surface area contributed by atoms with E-state index in [-0.39, 0.29) is 23.3 Å². The zero-order valence-corrected chi connectivity index (χ0v) is 15.2. The van der Waals surface area contributed by atoms with Gasteiger partial charge in [0.1, 0.15) is 0 Å². The standard InChI is InChI=1S/C21H22F2N2O2/c1-2-17(15-6-4-3-5-7-15)21(27)25-12-10-24(11-13-25)20(26)16-8-9-18(22)19(23)14-16/h3-9,14,17H,2,10-13H2,1H3. The smallest absolute Gasteiger partial charge is 0.254 e. The lowest BCUT2D eigenvalue weighted by Gasteiger charge is -2.36. The molecule has 1 unspecified atom stereocenters. The molecular formula is C21H22F2N2O2. The second-order valence-corrected chi connectivity index (χ2v) is 6.62. The van der Waals surface area contributed by atoms with E-state index in [9.17, 15) is 18.4 Å². The fraction of sp³-hybridized carbons (Fsp3) is 0.333. The van der Waals surface area contributed by atoms with Crippen LogP contribution in [-0.2, 0) is 4.79 Å². The van der Waals surface area contributed by atoms with Gasteiger partial charge in [-0.3, -0.25) is 9.59 Å². The van der Waals surface area contributed by atoms with Crippen LogP contribution in [0.1, 0.15) is 35.2 Å². The maximum absolute atomic E-state index is 13.4. The van der Waals surface area contributed by atoms with Crippen molar-refractivity contribution >= 4 is 11.8 Å². The molecule has 27 heavy (non-hydrogen) atoms. The van der Waals surface area contributed by atoms with Gasteiger partial charge in [-0.2, -0.15) is 0 Å². The van der Waals surface area contributed by atoms with Crippen LogP contribution in [0.2, 0.25) is 0 Å². The zero-order valence-electron chi connectivity index (χ0n) is 15.2. The molecule has 3 rings (SSSR count). The highest BCUT2D eigenvalue weighted by molar-refractivity contribution is 5.94. The Hall–Kier alpha value is -2.76. The van der Waals surface area contributed by atoms with Crippen molar-refractivity contribution in [3.05, 3.63) is 71.3 Å². The lowest BCUT2D eigenvalue weighted by Crippen LogP contribution is -2.51. The summed E-state index contributed by atoms with van der Waals surface area (Å²) in [7, 11) is 0. The summed E-state index contributed by atoms with van der Waals surface area (Å²) >= 11 is 0. The van der Waals surface area contributed by atoms with Crippen LogP contribution in [0.3, 0.4) is 0 Å². The highest BCUT2D eigenvalue weighted by atomic mass is 19.2. The van der Waals surface area contributed by atoms with Gasteiger partial charge < -0.3 is 9.80 Å². The number of hydrogen-bond donors (Lipinski definition) is 0. The molecule has 0 saturated carbocycles. The number of rotatable bonds is 4. The molecule has 0 radical (unpaired) electrons. The Kier molecular flexibility index (Phi) is 5.84. The molecule has 2 amide bonds. The predicted octanol–water partition coefficient (Wildman–Crippen LogP) is 3.44. The van der Waals surface area contributed by atoms with Crippen LogP contribution in [0.25, 0.3) is 0 Å². The van der Waals surface area contributed by atoms with Crippen LogP contribution < -0.4 is 0 Å². The maximum Gasteiger partial charge on any atom is 0.254 e. The van der Waals surface area contributed by atoms with E-state index < -0.39 is 11.6 Å². The second kappa shape index (κ2) is 8.29. The second-order valence-electron chi connectivity index (χ2n) is 6.62. The number of carbonyl (C=O) groups excluding carboxylic acids is 2. The number of benzene rings is 2. The van der Waals surface area contributed by atoms with E-state index in [2.05, 4.69) is 0 Å². The van der Waals surface area contributed by atoms with Crippen LogP contribution >= 0.6 is 0 Å². The van der Waals surface area contributed by atoms with Crippen molar-refractivity contribution in [1.29, 1.82) is 0 Å². The first kappa shape index (κ1) is 19.0. The lowest BCUT2D eigenvalue weighted by molar-refractivity contribution is -0.134. The normalized spacial score (nSPS) is 15.5. The van der Waals surface area contributed by atoms with Crippen LogP contribution in [0.5, 0.6) is 0 Å². The number of hydrogen-bond acceptors (Lipinski definition) is 2. The molecule has 2 aromatic rings. The quantitative estimate of drug-likeness (QED) is 0.825. The van der Waals surface area contributed by atoms with Gasteiger partial charge in [-0.25, -0.2) is 8.78 Å². The summed E-state index contributed by atoms with van der Waals surface area (Å²) in [6.45, 7) is 3.58. The number of nitrogens with zero attached hydrogens (tertiary/aromatic N) is 2. The summed E-state index contributed by atoms with van der Waals surface area (Å²) < 4.78 is 26.4. The van der Waals surface area contributed by atoms with Crippen molar-refractivity contribution in [3.63, 3.8) is 0 Å². The van der Waals surface area contributed by atoms with Gasteiger partial charge in [-0.05, 0) is 30.2 Å². The summed E-state index contributed by atoms with van der Waals surface area (Å²) in [5.74, 6) is -2.50. The van der Waals surface area contributed by atoms with Crippen LogP contribution in [0, 0.1) is 11.6 Å². The highest BCUT2D eigenvalue weighted by Crippen LogP contribution is 2.23. The molecule has 1 aliphatic heterocycles. The third kappa shape index (κ3) is 4.15. The minimum absolute atomic E-state index is 0.0589. The third-order valence-corrected chi connectivity index (χ3v) is 4.95. The minimum Gasteiger partial charge on any atom is -0.339 e. The summed E-state index contributed by atoms with van der Waals surface area (Å²) in [4.78, 5) is 28.7. The van der Waals surface area contributed by atoms with Crippen LogP contribution in [0.15, 0.2) is 48.5 Å². The van der Waals surface area contributed by atoms with Crippen molar-refractivity contribution in [3.8, 4) is 0 Å². The van der Waals surface area contributed by atoms with E-state index in [0.29, 0.717) is 32.6 Å². The monoisotopic (exact) mass is 372 g/mol. The maximum atomic E-state index is 13.4. The Morgan fingerprint density at radius 1 is 0.926 bits per heavy atom. The first-order valence-corrected chi connectivity index (χ1v) is 9.09. The van der Waals surface area contributed by atoms with Gasteiger partial charge in [0, 0.05) is 31.7 Å². The fourth-order valence-corrected chi connectivity index (χ4v) is 3.40. The molecule has 2 aromatic carbocycles. The largest absolute Gasteiger partial charge is 0.339 e. The van der Waals surface area contributed by atoms with Gasteiger partial charge in [0.2, 0.25) is 5.91 Å². The SMILES string of the molecule is CCC(C(=O)N1CCN(C(=O)c2ccc(F)c(F)c2)CC1)c1ccccc1. The van der Waals surface area contributed by atoms with Crippen molar-refractivity contribution < 1.29 is 18.4 Å². The van der Waals surface area contributed by atoms with E-state index in [0.717, 1.165) is 17.7 Å². The van der Waals surface area contributed by atoms with Gasteiger partial charge in [-0.1, -0.05) is 37.3 Å². The molecule has 4 nitrogen and oxygen atoms in total.